The van der Waals surface area contributed by atoms with Crippen LogP contribution in [0.15, 0.2) is 12.2 Å². The Hall–Kier alpha value is -1.85. The van der Waals surface area contributed by atoms with Crippen molar-refractivity contribution in [2.45, 2.75) is 374 Å². The van der Waals surface area contributed by atoms with Crippen LogP contribution in [0.1, 0.15) is 367 Å². The Morgan fingerprint density at radius 2 is 0.465 bits per heavy atom. The predicted molar refractivity (Wildman–Crippen MR) is 307 cm³/mol. The number of allylic oxidation sites excluding steroid dienone is 2. The van der Waals surface area contributed by atoms with Gasteiger partial charge < -0.3 is 14.2 Å². The highest BCUT2D eigenvalue weighted by Crippen LogP contribution is 2.18. The quantitative estimate of drug-likeness (QED) is 0.0261. The van der Waals surface area contributed by atoms with Crippen molar-refractivity contribution in [1.29, 1.82) is 0 Å². The van der Waals surface area contributed by atoms with Crippen LogP contribution in [0.2, 0.25) is 0 Å². The van der Waals surface area contributed by atoms with Crippen LogP contribution in [-0.4, -0.2) is 37.2 Å². The summed E-state index contributed by atoms with van der Waals surface area (Å²) in [4.78, 5) is 38.0. The molecule has 0 bridgehead atoms. The molecule has 1 unspecified atom stereocenters. The van der Waals surface area contributed by atoms with E-state index in [1.165, 1.54) is 263 Å². The number of esters is 3. The largest absolute Gasteiger partial charge is 0.462 e. The molecular weight excluding hydrogens is 877 g/mol. The zero-order valence-corrected chi connectivity index (χ0v) is 48.3. The number of rotatable bonds is 60. The van der Waals surface area contributed by atoms with Crippen LogP contribution >= 0.6 is 0 Å². The summed E-state index contributed by atoms with van der Waals surface area (Å²) in [6, 6.07) is 0. The molecule has 420 valence electrons. The zero-order chi connectivity index (χ0) is 51.4. The fraction of sp³-hybridized carbons (Fsp3) is 0.923. The van der Waals surface area contributed by atoms with Gasteiger partial charge in [0.15, 0.2) is 6.10 Å². The summed E-state index contributed by atoms with van der Waals surface area (Å²) in [5.41, 5.74) is 0. The molecule has 0 saturated carbocycles. The Balaban J connectivity index is 3.97. The number of hydrogen-bond acceptors (Lipinski definition) is 6. The van der Waals surface area contributed by atoms with E-state index in [4.69, 9.17) is 14.2 Å². The normalized spacial score (nSPS) is 12.0. The highest BCUT2D eigenvalue weighted by atomic mass is 16.6. The van der Waals surface area contributed by atoms with Gasteiger partial charge in [0.05, 0.1) is 0 Å². The maximum atomic E-state index is 12.8. The van der Waals surface area contributed by atoms with Gasteiger partial charge in [-0.05, 0) is 44.9 Å². The molecule has 0 amide bonds. The van der Waals surface area contributed by atoms with Crippen LogP contribution in [0.5, 0.6) is 0 Å². The molecule has 6 heteroatoms. The highest BCUT2D eigenvalue weighted by molar-refractivity contribution is 5.71. The molecule has 0 saturated heterocycles. The van der Waals surface area contributed by atoms with Crippen molar-refractivity contribution in [2.75, 3.05) is 13.2 Å². The third-order valence-electron chi connectivity index (χ3n) is 14.8. The van der Waals surface area contributed by atoms with E-state index in [9.17, 15) is 14.4 Å². The van der Waals surface area contributed by atoms with Gasteiger partial charge in [0.2, 0.25) is 0 Å². The van der Waals surface area contributed by atoms with Gasteiger partial charge >= 0.3 is 17.9 Å². The number of unbranched alkanes of at least 4 members (excludes halogenated alkanes) is 47. The minimum absolute atomic E-state index is 0.0680. The van der Waals surface area contributed by atoms with Crippen molar-refractivity contribution in [2.24, 2.45) is 0 Å². The number of ether oxygens (including phenoxy) is 3. The van der Waals surface area contributed by atoms with E-state index in [1.807, 2.05) is 0 Å². The summed E-state index contributed by atoms with van der Waals surface area (Å²) >= 11 is 0. The molecule has 0 fully saturated rings. The molecule has 0 aromatic heterocycles. The molecule has 0 aromatic carbocycles. The first-order chi connectivity index (χ1) is 35.0. The van der Waals surface area contributed by atoms with Crippen molar-refractivity contribution in [1.82, 2.24) is 0 Å². The molecule has 0 spiro atoms. The summed E-state index contributed by atoms with van der Waals surface area (Å²) in [6.07, 6.45) is 71.2. The monoisotopic (exact) mass is 1000 g/mol. The van der Waals surface area contributed by atoms with Crippen molar-refractivity contribution >= 4 is 17.9 Å². The molecular formula is C65H124O6. The molecule has 71 heavy (non-hydrogen) atoms. The average molecular weight is 1000 g/mol. The van der Waals surface area contributed by atoms with Crippen LogP contribution in [0.3, 0.4) is 0 Å². The molecule has 0 radical (unpaired) electrons. The second kappa shape index (κ2) is 60.7. The second-order valence-electron chi connectivity index (χ2n) is 22.0. The van der Waals surface area contributed by atoms with Crippen LogP contribution in [0.25, 0.3) is 0 Å². The fourth-order valence-electron chi connectivity index (χ4n) is 9.91. The smallest absolute Gasteiger partial charge is 0.306 e. The standard InChI is InChI=1S/C65H124O6/c1-4-7-10-13-16-19-21-23-25-26-27-28-29-30-31-32-33-34-35-36-37-38-39-40-41-43-44-46-49-52-55-58-64(67)70-61-62(60-69-63(66)57-54-51-48-18-15-12-9-6-3)71-65(68)59-56-53-50-47-45-42-24-22-20-17-14-11-8-5-2/h22,24,62H,4-21,23,25-61H2,1-3H3/b24-22-. The summed E-state index contributed by atoms with van der Waals surface area (Å²) in [5.74, 6) is -0.858. The average Bonchev–Trinajstić information content (AvgIpc) is 3.37. The summed E-state index contributed by atoms with van der Waals surface area (Å²) in [7, 11) is 0. The first-order valence-corrected chi connectivity index (χ1v) is 32.2. The minimum atomic E-state index is -0.768. The van der Waals surface area contributed by atoms with Crippen LogP contribution < -0.4 is 0 Å². The Morgan fingerprint density at radius 1 is 0.268 bits per heavy atom. The lowest BCUT2D eigenvalue weighted by Gasteiger charge is -2.18. The predicted octanol–water partition coefficient (Wildman–Crippen LogP) is 21.7. The maximum Gasteiger partial charge on any atom is 0.306 e. The van der Waals surface area contributed by atoms with Crippen molar-refractivity contribution < 1.29 is 28.6 Å². The lowest BCUT2D eigenvalue weighted by atomic mass is 10.0. The Kier molecular flexibility index (Phi) is 59.1. The van der Waals surface area contributed by atoms with Gasteiger partial charge in [0.25, 0.3) is 0 Å². The van der Waals surface area contributed by atoms with E-state index in [2.05, 4.69) is 32.9 Å². The SMILES string of the molecule is CCCCCCC/C=C\CCCCCCCC(=O)OC(COC(=O)CCCCCCCCCC)COC(=O)CCCCCCCCCCCCCCCCCCCCCCCCCCCCCCCCC. The topological polar surface area (TPSA) is 78.9 Å². The number of hydrogen-bond donors (Lipinski definition) is 0. The first-order valence-electron chi connectivity index (χ1n) is 32.2. The van der Waals surface area contributed by atoms with Crippen molar-refractivity contribution in [3.63, 3.8) is 0 Å². The van der Waals surface area contributed by atoms with Gasteiger partial charge in [-0.2, -0.15) is 0 Å². The molecule has 0 rings (SSSR count). The molecule has 1 atom stereocenters. The van der Waals surface area contributed by atoms with Crippen LogP contribution in [-0.2, 0) is 28.6 Å². The van der Waals surface area contributed by atoms with E-state index < -0.39 is 6.10 Å². The number of carbonyl (C=O) groups is 3. The molecule has 0 aliphatic rings. The lowest BCUT2D eigenvalue weighted by molar-refractivity contribution is -0.167. The van der Waals surface area contributed by atoms with E-state index in [0.29, 0.717) is 19.3 Å². The van der Waals surface area contributed by atoms with Gasteiger partial charge in [-0.25, -0.2) is 0 Å². The number of carbonyl (C=O) groups excluding carboxylic acids is 3. The highest BCUT2D eigenvalue weighted by Gasteiger charge is 2.19. The Bertz CT molecular complexity index is 1100. The van der Waals surface area contributed by atoms with Gasteiger partial charge in [-0.1, -0.05) is 315 Å². The maximum absolute atomic E-state index is 12.8. The van der Waals surface area contributed by atoms with E-state index in [-0.39, 0.29) is 31.1 Å². The molecule has 0 N–H and O–H groups in total. The molecule has 0 aliphatic carbocycles. The van der Waals surface area contributed by atoms with E-state index >= 15 is 0 Å². The van der Waals surface area contributed by atoms with Gasteiger partial charge in [0, 0.05) is 19.3 Å². The molecule has 0 aliphatic heterocycles. The summed E-state index contributed by atoms with van der Waals surface area (Å²) in [6.45, 7) is 6.65. The third-order valence-corrected chi connectivity index (χ3v) is 14.8. The summed E-state index contributed by atoms with van der Waals surface area (Å²) < 4.78 is 16.8. The van der Waals surface area contributed by atoms with Crippen LogP contribution in [0.4, 0.5) is 0 Å². The van der Waals surface area contributed by atoms with Crippen molar-refractivity contribution in [3.8, 4) is 0 Å². The molecule has 0 aromatic rings. The second-order valence-corrected chi connectivity index (χ2v) is 22.0. The van der Waals surface area contributed by atoms with Crippen LogP contribution in [0, 0.1) is 0 Å². The van der Waals surface area contributed by atoms with Gasteiger partial charge in [-0.3, -0.25) is 14.4 Å². The molecule has 6 nitrogen and oxygen atoms in total. The lowest BCUT2D eigenvalue weighted by Crippen LogP contribution is -2.30. The van der Waals surface area contributed by atoms with Gasteiger partial charge in [0.1, 0.15) is 13.2 Å². The molecule has 0 heterocycles. The minimum Gasteiger partial charge on any atom is -0.462 e. The van der Waals surface area contributed by atoms with Crippen molar-refractivity contribution in [3.05, 3.63) is 12.2 Å². The Morgan fingerprint density at radius 3 is 0.704 bits per heavy atom. The van der Waals surface area contributed by atoms with E-state index in [1.54, 1.807) is 0 Å². The fourth-order valence-corrected chi connectivity index (χ4v) is 9.91. The Labute approximate surface area is 443 Å². The third kappa shape index (κ3) is 58.9. The summed E-state index contributed by atoms with van der Waals surface area (Å²) in [5, 5.41) is 0. The zero-order valence-electron chi connectivity index (χ0n) is 48.3. The van der Waals surface area contributed by atoms with E-state index in [0.717, 1.165) is 64.2 Å². The van der Waals surface area contributed by atoms with Gasteiger partial charge in [-0.15, -0.1) is 0 Å². The first kappa shape index (κ1) is 69.2.